The van der Waals surface area contributed by atoms with Crippen LogP contribution in [0.25, 0.3) is 0 Å². The van der Waals surface area contributed by atoms with Gasteiger partial charge >= 0.3 is 11.9 Å². The Balaban J connectivity index is 1.85. The van der Waals surface area contributed by atoms with Crippen molar-refractivity contribution in [3.8, 4) is 0 Å². The van der Waals surface area contributed by atoms with Crippen LogP contribution in [0.15, 0.2) is 36.0 Å². The molecule has 146 valence electrons. The van der Waals surface area contributed by atoms with Crippen LogP contribution in [-0.4, -0.2) is 46.1 Å². The van der Waals surface area contributed by atoms with E-state index in [0.717, 1.165) is 0 Å². The summed E-state index contributed by atoms with van der Waals surface area (Å²) in [5, 5.41) is 11.1. The van der Waals surface area contributed by atoms with Crippen molar-refractivity contribution in [2.75, 3.05) is 0 Å². The summed E-state index contributed by atoms with van der Waals surface area (Å²) in [6, 6.07) is 0. The highest BCUT2D eigenvalue weighted by Crippen LogP contribution is 2.62. The summed E-state index contributed by atoms with van der Waals surface area (Å²) < 4.78 is 11.5. The van der Waals surface area contributed by atoms with E-state index in [2.05, 4.69) is 6.58 Å². The van der Waals surface area contributed by atoms with Crippen LogP contribution in [0, 0.1) is 11.8 Å². The van der Waals surface area contributed by atoms with E-state index in [1.54, 1.807) is 32.9 Å². The molecule has 0 aromatic rings. The summed E-state index contributed by atoms with van der Waals surface area (Å²) in [5.74, 6) is -1.93. The maximum Gasteiger partial charge on any atom is 0.334 e. The van der Waals surface area contributed by atoms with Gasteiger partial charge in [-0.3, -0.25) is 0 Å². The van der Waals surface area contributed by atoms with Crippen molar-refractivity contribution in [1.82, 2.24) is 0 Å². The molecule has 2 saturated heterocycles. The Morgan fingerprint density at radius 2 is 2.07 bits per heavy atom. The predicted molar refractivity (Wildman–Crippen MR) is 93.0 cm³/mol. The molecule has 4 aliphatic rings. The monoisotopic (exact) mass is 376 g/mol. The Bertz CT molecular complexity index is 798. The Morgan fingerprint density at radius 1 is 1.37 bits per heavy atom. The fraction of sp³-hybridized carbons (Fsp3) is 0.600. The number of aliphatic hydroxyl groups excluding tert-OH is 1. The minimum Gasteiger partial charge on any atom is -0.458 e. The molecule has 7 heteroatoms. The standard InChI is InChI=1S/C20H24O7/c1-6-10(2)16(22)25-19(5)13(21)9-12-11(3)17(23)24-14(12)15-18(4)7-8-20(15,19)27-26-18/h6-8,12-15,21H,3,9H2,1-2,4-5H3/b10-6+/t12-,13+,14-,15-,18+,19+,20-/m0/s1. The quantitative estimate of drug-likeness (QED) is 0.340. The molecular weight excluding hydrogens is 352 g/mol. The van der Waals surface area contributed by atoms with Crippen molar-refractivity contribution in [3.63, 3.8) is 0 Å². The normalized spacial score (nSPS) is 48.1. The Morgan fingerprint density at radius 3 is 2.67 bits per heavy atom. The third kappa shape index (κ3) is 2.13. The van der Waals surface area contributed by atoms with Crippen LogP contribution in [0.5, 0.6) is 0 Å². The number of ether oxygens (including phenoxy) is 2. The fourth-order valence-corrected chi connectivity index (χ4v) is 4.84. The van der Waals surface area contributed by atoms with E-state index in [1.807, 2.05) is 13.0 Å². The molecule has 0 radical (unpaired) electrons. The Labute approximate surface area is 157 Å². The molecule has 2 heterocycles. The van der Waals surface area contributed by atoms with Gasteiger partial charge in [-0.1, -0.05) is 18.7 Å². The number of esters is 2. The van der Waals surface area contributed by atoms with Gasteiger partial charge < -0.3 is 14.6 Å². The lowest BCUT2D eigenvalue weighted by atomic mass is 9.70. The van der Waals surface area contributed by atoms with Gasteiger partial charge in [-0.15, -0.1) is 0 Å². The molecule has 7 atom stereocenters. The molecule has 27 heavy (non-hydrogen) atoms. The van der Waals surface area contributed by atoms with Crippen molar-refractivity contribution < 1.29 is 33.9 Å². The van der Waals surface area contributed by atoms with Gasteiger partial charge in [-0.25, -0.2) is 19.4 Å². The summed E-state index contributed by atoms with van der Waals surface area (Å²) in [6.07, 6.45) is 3.68. The van der Waals surface area contributed by atoms with E-state index in [9.17, 15) is 14.7 Å². The molecule has 1 N–H and O–H groups in total. The van der Waals surface area contributed by atoms with E-state index in [1.165, 1.54) is 0 Å². The molecule has 4 rings (SSSR count). The van der Waals surface area contributed by atoms with Gasteiger partial charge in [0.25, 0.3) is 0 Å². The lowest BCUT2D eigenvalue weighted by molar-refractivity contribution is -0.366. The molecule has 2 aliphatic heterocycles. The molecule has 0 amide bonds. The molecule has 0 aromatic heterocycles. The zero-order valence-electron chi connectivity index (χ0n) is 15.9. The topological polar surface area (TPSA) is 91.3 Å². The summed E-state index contributed by atoms with van der Waals surface area (Å²) in [6.45, 7) is 10.7. The van der Waals surface area contributed by atoms with Gasteiger partial charge in [0.05, 0.1) is 12.0 Å². The second-order valence-corrected chi connectivity index (χ2v) is 8.18. The third-order valence-electron chi connectivity index (χ3n) is 6.73. The number of aliphatic hydroxyl groups is 1. The summed E-state index contributed by atoms with van der Waals surface area (Å²) in [4.78, 5) is 36.1. The van der Waals surface area contributed by atoms with Crippen molar-refractivity contribution in [2.24, 2.45) is 11.8 Å². The predicted octanol–water partition coefficient (Wildman–Crippen LogP) is 1.76. The van der Waals surface area contributed by atoms with Gasteiger partial charge in [0.15, 0.2) is 11.2 Å². The number of hydrogen-bond acceptors (Lipinski definition) is 7. The molecular formula is C20H24O7. The van der Waals surface area contributed by atoms with Crippen molar-refractivity contribution in [2.45, 2.75) is 63.1 Å². The zero-order valence-corrected chi connectivity index (χ0v) is 15.9. The Hall–Kier alpha value is -1.96. The summed E-state index contributed by atoms with van der Waals surface area (Å²) >= 11 is 0. The molecule has 2 bridgehead atoms. The highest BCUT2D eigenvalue weighted by molar-refractivity contribution is 5.91. The molecule has 2 aliphatic carbocycles. The van der Waals surface area contributed by atoms with Gasteiger partial charge in [-0.05, 0) is 40.2 Å². The lowest BCUT2D eigenvalue weighted by Crippen LogP contribution is -2.63. The molecule has 3 fully saturated rings. The number of fused-ring (bicyclic) bond motifs is 1. The molecule has 1 saturated carbocycles. The fourth-order valence-electron chi connectivity index (χ4n) is 4.84. The number of carbonyl (C=O) groups is 2. The van der Waals surface area contributed by atoms with E-state index in [4.69, 9.17) is 19.2 Å². The van der Waals surface area contributed by atoms with Crippen LogP contribution < -0.4 is 0 Å². The van der Waals surface area contributed by atoms with E-state index in [0.29, 0.717) is 11.1 Å². The van der Waals surface area contributed by atoms with Crippen molar-refractivity contribution >= 4 is 11.9 Å². The van der Waals surface area contributed by atoms with Crippen LogP contribution in [-0.2, 0) is 28.8 Å². The lowest BCUT2D eigenvalue weighted by Gasteiger charge is -2.44. The van der Waals surface area contributed by atoms with E-state index < -0.39 is 52.8 Å². The maximum atomic E-state index is 12.6. The average molecular weight is 376 g/mol. The average Bonchev–Trinajstić information content (AvgIpc) is 3.18. The van der Waals surface area contributed by atoms with Gasteiger partial charge in [0, 0.05) is 17.1 Å². The molecule has 0 spiro atoms. The third-order valence-corrected chi connectivity index (χ3v) is 6.73. The molecule has 7 nitrogen and oxygen atoms in total. The van der Waals surface area contributed by atoms with E-state index in [-0.39, 0.29) is 6.42 Å². The zero-order chi connectivity index (χ0) is 19.8. The highest BCUT2D eigenvalue weighted by Gasteiger charge is 2.77. The van der Waals surface area contributed by atoms with Crippen molar-refractivity contribution in [1.29, 1.82) is 0 Å². The van der Waals surface area contributed by atoms with Gasteiger partial charge in [-0.2, -0.15) is 0 Å². The second-order valence-electron chi connectivity index (χ2n) is 8.18. The second kappa shape index (κ2) is 5.53. The summed E-state index contributed by atoms with van der Waals surface area (Å²) in [5.41, 5.74) is -2.87. The van der Waals surface area contributed by atoms with Crippen LogP contribution in [0.3, 0.4) is 0 Å². The van der Waals surface area contributed by atoms with Gasteiger partial charge in [0.2, 0.25) is 0 Å². The molecule has 0 unspecified atom stereocenters. The first-order valence-corrected chi connectivity index (χ1v) is 9.11. The highest BCUT2D eigenvalue weighted by atomic mass is 17.2. The number of hydrogen-bond donors (Lipinski definition) is 1. The largest absolute Gasteiger partial charge is 0.458 e. The number of rotatable bonds is 2. The Kier molecular flexibility index (Phi) is 3.77. The minimum absolute atomic E-state index is 0.166. The number of allylic oxidation sites excluding steroid dienone is 1. The summed E-state index contributed by atoms with van der Waals surface area (Å²) in [7, 11) is 0. The van der Waals surface area contributed by atoms with E-state index >= 15 is 0 Å². The number of carbonyl (C=O) groups excluding carboxylic acids is 2. The van der Waals surface area contributed by atoms with Crippen LogP contribution in [0.4, 0.5) is 0 Å². The smallest absolute Gasteiger partial charge is 0.334 e. The SMILES string of the molecule is C=C1C(=O)O[C@H]2[C@H]1C[C@@H](O)[C@@](C)(OC(=O)/C(C)=C/C)[C@@]13C=C[C@@](C)(OO1)[C@H]23. The van der Waals surface area contributed by atoms with Crippen molar-refractivity contribution in [3.05, 3.63) is 36.0 Å². The van der Waals surface area contributed by atoms with Crippen LogP contribution >= 0.6 is 0 Å². The first-order chi connectivity index (χ1) is 12.6. The maximum absolute atomic E-state index is 12.6. The van der Waals surface area contributed by atoms with Crippen LogP contribution in [0.1, 0.15) is 34.1 Å². The van der Waals surface area contributed by atoms with Crippen LogP contribution in [0.2, 0.25) is 0 Å². The first kappa shape index (κ1) is 18.4. The minimum atomic E-state index is -1.44. The molecule has 0 aromatic carbocycles. The first-order valence-electron chi connectivity index (χ1n) is 9.11. The van der Waals surface area contributed by atoms with Gasteiger partial charge in [0.1, 0.15) is 11.7 Å².